The summed E-state index contributed by atoms with van der Waals surface area (Å²) >= 11 is 0. The number of carbonyl (C=O) groups is 1. The number of ether oxygens (including phenoxy) is 2. The van der Waals surface area contributed by atoms with Crippen molar-refractivity contribution in [3.05, 3.63) is 0 Å². The monoisotopic (exact) mass is 159 g/mol. The highest BCUT2D eigenvalue weighted by atomic mass is 16.5. The summed E-state index contributed by atoms with van der Waals surface area (Å²) in [5.74, 6) is -0.327. The van der Waals surface area contributed by atoms with Crippen molar-refractivity contribution in [1.29, 1.82) is 0 Å². The highest BCUT2D eigenvalue weighted by Gasteiger charge is 2.33. The van der Waals surface area contributed by atoms with E-state index in [0.29, 0.717) is 13.2 Å². The van der Waals surface area contributed by atoms with Gasteiger partial charge in [-0.25, -0.2) is 0 Å². The zero-order valence-corrected chi connectivity index (χ0v) is 6.79. The van der Waals surface area contributed by atoms with Gasteiger partial charge in [-0.3, -0.25) is 4.79 Å². The van der Waals surface area contributed by atoms with Gasteiger partial charge >= 0.3 is 5.97 Å². The first-order chi connectivity index (χ1) is 5.29. The molecular formula is C7H13NO3. The van der Waals surface area contributed by atoms with E-state index >= 15 is 0 Å². The van der Waals surface area contributed by atoms with Gasteiger partial charge in [0, 0.05) is 6.04 Å². The molecule has 1 saturated heterocycles. The number of carbonyl (C=O) groups excluding carboxylic acids is 1. The number of nitrogens with one attached hydrogen (secondary N) is 1. The molecule has 1 rings (SSSR count). The lowest BCUT2D eigenvalue weighted by Crippen LogP contribution is -2.37. The molecule has 4 heteroatoms. The number of likely N-dealkylation sites (N-methyl/N-ethyl adjacent to an activating group) is 1. The van der Waals surface area contributed by atoms with E-state index < -0.39 is 0 Å². The van der Waals surface area contributed by atoms with Gasteiger partial charge in [0.15, 0.2) is 0 Å². The van der Waals surface area contributed by atoms with Gasteiger partial charge in [-0.2, -0.15) is 0 Å². The second-order valence-corrected chi connectivity index (χ2v) is 2.56. The number of rotatable bonds is 2. The maximum Gasteiger partial charge on any atom is 0.312 e. The number of methoxy groups -OCH3 is 1. The maximum absolute atomic E-state index is 11.0. The van der Waals surface area contributed by atoms with Crippen LogP contribution in [0.2, 0.25) is 0 Å². The fraction of sp³-hybridized carbons (Fsp3) is 0.857. The van der Waals surface area contributed by atoms with Crippen LogP contribution in [0.3, 0.4) is 0 Å². The van der Waals surface area contributed by atoms with E-state index in [4.69, 9.17) is 4.74 Å². The molecule has 1 heterocycles. The van der Waals surface area contributed by atoms with Crippen molar-refractivity contribution in [3.63, 3.8) is 0 Å². The molecule has 0 aromatic carbocycles. The molecule has 0 radical (unpaired) electrons. The average molecular weight is 159 g/mol. The molecular weight excluding hydrogens is 146 g/mol. The molecule has 4 nitrogen and oxygen atoms in total. The lowest BCUT2D eigenvalue weighted by molar-refractivity contribution is -0.145. The van der Waals surface area contributed by atoms with E-state index in [1.165, 1.54) is 7.11 Å². The third-order valence-electron chi connectivity index (χ3n) is 1.96. The van der Waals surface area contributed by atoms with Crippen LogP contribution in [0.1, 0.15) is 0 Å². The number of hydrogen-bond acceptors (Lipinski definition) is 4. The topological polar surface area (TPSA) is 47.6 Å². The van der Waals surface area contributed by atoms with Crippen molar-refractivity contribution in [2.45, 2.75) is 6.04 Å². The predicted octanol–water partition coefficient (Wildman–Crippen LogP) is -0.606. The first-order valence-electron chi connectivity index (χ1n) is 3.62. The molecule has 0 bridgehead atoms. The average Bonchev–Trinajstić information content (AvgIpc) is 2.50. The Kier molecular flexibility index (Phi) is 2.84. The lowest BCUT2D eigenvalue weighted by Gasteiger charge is -2.13. The van der Waals surface area contributed by atoms with Gasteiger partial charge < -0.3 is 14.8 Å². The molecule has 0 aromatic heterocycles. The Labute approximate surface area is 65.9 Å². The van der Waals surface area contributed by atoms with Gasteiger partial charge in [0.2, 0.25) is 0 Å². The Morgan fingerprint density at radius 2 is 2.36 bits per heavy atom. The molecule has 1 aliphatic heterocycles. The van der Waals surface area contributed by atoms with Crippen molar-refractivity contribution in [2.75, 3.05) is 27.4 Å². The largest absolute Gasteiger partial charge is 0.469 e. The Balaban J connectivity index is 2.49. The standard InChI is InChI=1S/C7H13NO3/c1-8-6-4-11-3-5(6)7(9)10-2/h5-6,8H,3-4H2,1-2H3. The van der Waals surface area contributed by atoms with Crippen molar-refractivity contribution in [2.24, 2.45) is 5.92 Å². The molecule has 64 valence electrons. The minimum atomic E-state index is -0.193. The highest BCUT2D eigenvalue weighted by molar-refractivity contribution is 5.73. The molecule has 1 fully saturated rings. The van der Waals surface area contributed by atoms with E-state index in [-0.39, 0.29) is 17.9 Å². The summed E-state index contributed by atoms with van der Waals surface area (Å²) in [5, 5.41) is 3.00. The second-order valence-electron chi connectivity index (χ2n) is 2.56. The van der Waals surface area contributed by atoms with Crippen LogP contribution in [0.5, 0.6) is 0 Å². The Hall–Kier alpha value is -0.610. The summed E-state index contributed by atoms with van der Waals surface area (Å²) in [5.41, 5.74) is 0. The Morgan fingerprint density at radius 3 is 2.91 bits per heavy atom. The highest BCUT2D eigenvalue weighted by Crippen LogP contribution is 2.14. The molecule has 2 atom stereocenters. The van der Waals surface area contributed by atoms with Gasteiger partial charge in [0.05, 0.1) is 26.2 Å². The van der Waals surface area contributed by atoms with E-state index in [1.54, 1.807) is 0 Å². The second kappa shape index (κ2) is 3.69. The molecule has 0 aromatic rings. The lowest BCUT2D eigenvalue weighted by atomic mass is 10.1. The quantitative estimate of drug-likeness (QED) is 0.546. The summed E-state index contributed by atoms with van der Waals surface area (Å²) in [7, 11) is 3.21. The van der Waals surface area contributed by atoms with Crippen LogP contribution >= 0.6 is 0 Å². The third kappa shape index (κ3) is 1.70. The fourth-order valence-electron chi connectivity index (χ4n) is 1.22. The molecule has 11 heavy (non-hydrogen) atoms. The summed E-state index contributed by atoms with van der Waals surface area (Å²) in [6.45, 7) is 1.06. The number of esters is 1. The summed E-state index contributed by atoms with van der Waals surface area (Å²) in [6.07, 6.45) is 0. The van der Waals surface area contributed by atoms with Crippen LogP contribution in [-0.4, -0.2) is 39.4 Å². The third-order valence-corrected chi connectivity index (χ3v) is 1.96. The predicted molar refractivity (Wildman–Crippen MR) is 39.2 cm³/mol. The van der Waals surface area contributed by atoms with Gasteiger partial charge in [-0.05, 0) is 7.05 Å². The van der Waals surface area contributed by atoms with Crippen LogP contribution in [0, 0.1) is 5.92 Å². The zero-order chi connectivity index (χ0) is 8.27. The maximum atomic E-state index is 11.0. The van der Waals surface area contributed by atoms with Crippen molar-refractivity contribution < 1.29 is 14.3 Å². The van der Waals surface area contributed by atoms with Crippen molar-refractivity contribution in [3.8, 4) is 0 Å². The normalized spacial score (nSPS) is 30.4. The van der Waals surface area contributed by atoms with Gasteiger partial charge in [-0.1, -0.05) is 0 Å². The minimum absolute atomic E-state index is 0.113. The Morgan fingerprint density at radius 1 is 1.64 bits per heavy atom. The van der Waals surface area contributed by atoms with Crippen LogP contribution in [0.15, 0.2) is 0 Å². The van der Waals surface area contributed by atoms with Crippen LogP contribution in [-0.2, 0) is 14.3 Å². The summed E-state index contributed by atoms with van der Waals surface area (Å²) in [4.78, 5) is 11.0. The van der Waals surface area contributed by atoms with E-state index in [9.17, 15) is 4.79 Å². The van der Waals surface area contributed by atoms with E-state index in [0.717, 1.165) is 0 Å². The molecule has 0 aliphatic carbocycles. The minimum Gasteiger partial charge on any atom is -0.469 e. The van der Waals surface area contributed by atoms with E-state index in [2.05, 4.69) is 10.1 Å². The van der Waals surface area contributed by atoms with Crippen molar-refractivity contribution in [1.82, 2.24) is 5.32 Å². The van der Waals surface area contributed by atoms with Gasteiger partial charge in [-0.15, -0.1) is 0 Å². The summed E-state index contributed by atoms with van der Waals surface area (Å²) < 4.78 is 9.73. The molecule has 0 amide bonds. The molecule has 1 N–H and O–H groups in total. The SMILES string of the molecule is CNC1COCC1C(=O)OC. The molecule has 1 aliphatic rings. The molecule has 0 saturated carbocycles. The van der Waals surface area contributed by atoms with Crippen LogP contribution in [0.25, 0.3) is 0 Å². The van der Waals surface area contributed by atoms with Crippen LogP contribution in [0.4, 0.5) is 0 Å². The Bertz CT molecular complexity index is 149. The first kappa shape index (κ1) is 8.49. The van der Waals surface area contributed by atoms with E-state index in [1.807, 2.05) is 7.05 Å². The fourth-order valence-corrected chi connectivity index (χ4v) is 1.22. The molecule has 0 spiro atoms. The van der Waals surface area contributed by atoms with Gasteiger partial charge in [0.25, 0.3) is 0 Å². The summed E-state index contributed by atoms with van der Waals surface area (Å²) in [6, 6.07) is 0.113. The van der Waals surface area contributed by atoms with Crippen molar-refractivity contribution >= 4 is 5.97 Å². The zero-order valence-electron chi connectivity index (χ0n) is 6.79. The number of hydrogen-bond donors (Lipinski definition) is 1. The molecule has 2 unspecified atom stereocenters. The first-order valence-corrected chi connectivity index (χ1v) is 3.62. The van der Waals surface area contributed by atoms with Crippen LogP contribution < -0.4 is 5.32 Å². The van der Waals surface area contributed by atoms with Gasteiger partial charge in [0.1, 0.15) is 0 Å². The smallest absolute Gasteiger partial charge is 0.312 e.